The summed E-state index contributed by atoms with van der Waals surface area (Å²) in [4.78, 5) is 0. The molecular weight excluding hydrogens is 204 g/mol. The smallest absolute Gasteiger partial charge is 0.0155 e. The van der Waals surface area contributed by atoms with E-state index in [1.165, 1.54) is 27.8 Å². The van der Waals surface area contributed by atoms with Crippen LogP contribution in [0.25, 0.3) is 5.57 Å². The maximum absolute atomic E-state index is 3.83. The van der Waals surface area contributed by atoms with E-state index in [4.69, 9.17) is 0 Å². The summed E-state index contributed by atoms with van der Waals surface area (Å²) in [6.45, 7) is 12.7. The van der Waals surface area contributed by atoms with Gasteiger partial charge in [-0.3, -0.25) is 0 Å². The molecule has 0 aromatic heterocycles. The summed E-state index contributed by atoms with van der Waals surface area (Å²) in [6.07, 6.45) is 4.18. The molecule has 0 heterocycles. The van der Waals surface area contributed by atoms with E-state index in [0.29, 0.717) is 0 Å². The second-order valence-electron chi connectivity index (χ2n) is 5.30. The lowest BCUT2D eigenvalue weighted by Crippen LogP contribution is -2.16. The molecular formula is C17H20. The number of allylic oxidation sites excluding steroid dienone is 5. The lowest BCUT2D eigenvalue weighted by atomic mass is 9.80. The van der Waals surface area contributed by atoms with Gasteiger partial charge < -0.3 is 0 Å². The molecule has 0 radical (unpaired) electrons. The highest BCUT2D eigenvalue weighted by Crippen LogP contribution is 2.46. The quantitative estimate of drug-likeness (QED) is 0.628. The second-order valence-corrected chi connectivity index (χ2v) is 5.30. The van der Waals surface area contributed by atoms with Crippen molar-refractivity contribution in [1.82, 2.24) is 0 Å². The zero-order valence-electron chi connectivity index (χ0n) is 11.2. The zero-order valence-corrected chi connectivity index (χ0v) is 11.2. The zero-order chi connectivity index (χ0) is 12.6. The SMILES string of the molecule is C=C/C(C)=C\C1=C(C)c2ccccc2C1(C)C. The molecule has 0 saturated carbocycles. The van der Waals surface area contributed by atoms with Crippen LogP contribution in [-0.2, 0) is 5.41 Å². The van der Waals surface area contributed by atoms with Gasteiger partial charge in [-0.1, -0.05) is 62.4 Å². The van der Waals surface area contributed by atoms with Crippen LogP contribution in [0.2, 0.25) is 0 Å². The molecule has 1 aliphatic rings. The van der Waals surface area contributed by atoms with Crippen LogP contribution in [-0.4, -0.2) is 0 Å². The van der Waals surface area contributed by atoms with Gasteiger partial charge in [0, 0.05) is 5.41 Å². The van der Waals surface area contributed by atoms with Crippen LogP contribution in [0.1, 0.15) is 38.8 Å². The lowest BCUT2D eigenvalue weighted by Gasteiger charge is -2.23. The van der Waals surface area contributed by atoms with Crippen molar-refractivity contribution in [2.75, 3.05) is 0 Å². The van der Waals surface area contributed by atoms with Gasteiger partial charge >= 0.3 is 0 Å². The highest BCUT2D eigenvalue weighted by atomic mass is 14.4. The Morgan fingerprint density at radius 3 is 2.47 bits per heavy atom. The first-order valence-corrected chi connectivity index (χ1v) is 6.10. The topological polar surface area (TPSA) is 0 Å². The molecule has 2 rings (SSSR count). The van der Waals surface area contributed by atoms with Crippen molar-refractivity contribution in [3.63, 3.8) is 0 Å². The van der Waals surface area contributed by atoms with Gasteiger partial charge in [0.15, 0.2) is 0 Å². The summed E-state index contributed by atoms with van der Waals surface area (Å²) in [7, 11) is 0. The number of fused-ring (bicyclic) bond motifs is 1. The van der Waals surface area contributed by atoms with Crippen molar-refractivity contribution in [2.45, 2.75) is 33.1 Å². The second kappa shape index (κ2) is 4.03. The largest absolute Gasteiger partial charge is 0.0988 e. The van der Waals surface area contributed by atoms with Crippen molar-refractivity contribution in [1.29, 1.82) is 0 Å². The van der Waals surface area contributed by atoms with Gasteiger partial charge in [-0.25, -0.2) is 0 Å². The molecule has 0 unspecified atom stereocenters. The maximum atomic E-state index is 3.83. The van der Waals surface area contributed by atoms with Crippen LogP contribution in [0.15, 0.2) is 54.1 Å². The minimum atomic E-state index is 0.102. The highest BCUT2D eigenvalue weighted by molar-refractivity contribution is 5.81. The molecule has 0 amide bonds. The van der Waals surface area contributed by atoms with Gasteiger partial charge in [0.2, 0.25) is 0 Å². The minimum absolute atomic E-state index is 0.102. The molecule has 1 aliphatic carbocycles. The average Bonchev–Trinajstić information content (AvgIpc) is 2.51. The first-order valence-electron chi connectivity index (χ1n) is 6.10. The molecule has 0 heteroatoms. The third kappa shape index (κ3) is 1.78. The summed E-state index contributed by atoms with van der Waals surface area (Å²) in [5.41, 5.74) is 6.95. The van der Waals surface area contributed by atoms with Crippen LogP contribution in [0.4, 0.5) is 0 Å². The Balaban J connectivity index is 2.64. The minimum Gasteiger partial charge on any atom is -0.0988 e. The van der Waals surface area contributed by atoms with E-state index in [0.717, 1.165) is 0 Å². The third-order valence-corrected chi connectivity index (χ3v) is 3.78. The van der Waals surface area contributed by atoms with Gasteiger partial charge in [0.05, 0.1) is 0 Å². The lowest BCUT2D eigenvalue weighted by molar-refractivity contribution is 0.653. The van der Waals surface area contributed by atoms with E-state index in [9.17, 15) is 0 Å². The molecule has 88 valence electrons. The Hall–Kier alpha value is -1.56. The van der Waals surface area contributed by atoms with E-state index < -0.39 is 0 Å². The summed E-state index contributed by atoms with van der Waals surface area (Å²) < 4.78 is 0. The molecule has 0 atom stereocenters. The van der Waals surface area contributed by atoms with Crippen LogP contribution >= 0.6 is 0 Å². The number of benzene rings is 1. The van der Waals surface area contributed by atoms with Crippen molar-refractivity contribution >= 4 is 5.57 Å². The Morgan fingerprint density at radius 2 is 1.88 bits per heavy atom. The molecule has 0 bridgehead atoms. The van der Waals surface area contributed by atoms with Crippen molar-refractivity contribution in [3.05, 3.63) is 65.3 Å². The predicted molar refractivity (Wildman–Crippen MR) is 76.0 cm³/mol. The maximum Gasteiger partial charge on any atom is 0.0155 e. The fourth-order valence-electron chi connectivity index (χ4n) is 2.69. The highest BCUT2D eigenvalue weighted by Gasteiger charge is 2.34. The number of hydrogen-bond donors (Lipinski definition) is 0. The monoisotopic (exact) mass is 224 g/mol. The van der Waals surface area contributed by atoms with Gasteiger partial charge in [-0.15, -0.1) is 0 Å². The third-order valence-electron chi connectivity index (χ3n) is 3.78. The van der Waals surface area contributed by atoms with Crippen LogP contribution in [0, 0.1) is 0 Å². The molecule has 0 fully saturated rings. The Morgan fingerprint density at radius 1 is 1.24 bits per heavy atom. The fraction of sp³-hybridized carbons (Fsp3) is 0.294. The van der Waals surface area contributed by atoms with Gasteiger partial charge in [-0.05, 0) is 36.1 Å². The van der Waals surface area contributed by atoms with Gasteiger partial charge in [0.1, 0.15) is 0 Å². The predicted octanol–water partition coefficient (Wildman–Crippen LogP) is 4.88. The molecule has 1 aromatic rings. The van der Waals surface area contributed by atoms with Gasteiger partial charge in [0.25, 0.3) is 0 Å². The number of hydrogen-bond acceptors (Lipinski definition) is 0. The molecule has 0 aliphatic heterocycles. The Bertz CT molecular complexity index is 525. The summed E-state index contributed by atoms with van der Waals surface area (Å²) in [6, 6.07) is 8.70. The molecule has 1 aromatic carbocycles. The van der Waals surface area contributed by atoms with Gasteiger partial charge in [-0.2, -0.15) is 0 Å². The normalized spacial score (nSPS) is 18.2. The summed E-state index contributed by atoms with van der Waals surface area (Å²) in [5, 5.41) is 0. The van der Waals surface area contributed by atoms with E-state index in [2.05, 4.69) is 64.6 Å². The van der Waals surface area contributed by atoms with Crippen LogP contribution < -0.4 is 0 Å². The first kappa shape index (κ1) is 11.9. The molecule has 0 spiro atoms. The Kier molecular flexibility index (Phi) is 2.82. The molecule has 0 saturated heterocycles. The van der Waals surface area contributed by atoms with E-state index in [-0.39, 0.29) is 5.41 Å². The van der Waals surface area contributed by atoms with Crippen molar-refractivity contribution < 1.29 is 0 Å². The number of rotatable bonds is 2. The van der Waals surface area contributed by atoms with Crippen LogP contribution in [0.3, 0.4) is 0 Å². The van der Waals surface area contributed by atoms with Crippen molar-refractivity contribution in [3.8, 4) is 0 Å². The Labute approximate surface area is 104 Å². The van der Waals surface area contributed by atoms with E-state index >= 15 is 0 Å². The summed E-state index contributed by atoms with van der Waals surface area (Å²) in [5.74, 6) is 0. The summed E-state index contributed by atoms with van der Waals surface area (Å²) >= 11 is 0. The molecule has 0 nitrogen and oxygen atoms in total. The fourth-order valence-corrected chi connectivity index (χ4v) is 2.69. The molecule has 17 heavy (non-hydrogen) atoms. The molecule has 0 N–H and O–H groups in total. The van der Waals surface area contributed by atoms with Crippen LogP contribution in [0.5, 0.6) is 0 Å². The van der Waals surface area contributed by atoms with E-state index in [1.54, 1.807) is 0 Å². The first-order chi connectivity index (χ1) is 7.98. The van der Waals surface area contributed by atoms with E-state index in [1.807, 2.05) is 6.08 Å². The average molecular weight is 224 g/mol. The standard InChI is InChI=1S/C17H20/c1-6-12(2)11-16-13(3)14-9-7-8-10-15(14)17(16,4)5/h6-11H,1H2,2-5H3/b12-11-. The van der Waals surface area contributed by atoms with Crippen molar-refractivity contribution in [2.24, 2.45) is 0 Å².